The number of hydrogen-bond donors (Lipinski definition) is 0. The van der Waals surface area contributed by atoms with Crippen LogP contribution in [0.25, 0.3) is 89.5 Å². The van der Waals surface area contributed by atoms with Gasteiger partial charge in [0.25, 0.3) is 0 Å². The zero-order valence-corrected chi connectivity index (χ0v) is 32.0. The Morgan fingerprint density at radius 2 is 0.684 bits per heavy atom. The SMILES string of the molecule is CC1(C)c2ccccc2-c2ccc(-c3ccc(-c4cccc(-c5nc(-c6ccc(-c7ccccc7)cc6)cc(-c6cccc(-c7ccccc7)c6)n5)c4)cc3)cc21. The van der Waals surface area contributed by atoms with Gasteiger partial charge in [0.1, 0.15) is 0 Å². The molecule has 1 heterocycles. The van der Waals surface area contributed by atoms with E-state index in [4.69, 9.17) is 9.97 Å². The highest BCUT2D eigenvalue weighted by Gasteiger charge is 2.35. The number of rotatable bonds is 7. The second kappa shape index (κ2) is 14.2. The van der Waals surface area contributed by atoms with Gasteiger partial charge in [-0.15, -0.1) is 0 Å². The van der Waals surface area contributed by atoms with Crippen LogP contribution in [0.1, 0.15) is 25.0 Å². The Morgan fingerprint density at radius 1 is 0.281 bits per heavy atom. The van der Waals surface area contributed by atoms with Gasteiger partial charge in [-0.2, -0.15) is 0 Å². The van der Waals surface area contributed by atoms with Crippen LogP contribution in [0.4, 0.5) is 0 Å². The van der Waals surface area contributed by atoms with Crippen LogP contribution in [0, 0.1) is 0 Å². The molecule has 8 aromatic carbocycles. The fraction of sp³-hybridized carbons (Fsp3) is 0.0545. The molecular formula is C55H40N2. The fourth-order valence-corrected chi connectivity index (χ4v) is 8.40. The second-order valence-corrected chi connectivity index (χ2v) is 15.4. The first-order valence-electron chi connectivity index (χ1n) is 19.6. The predicted octanol–water partition coefficient (Wildman–Crippen LogP) is 14.5. The van der Waals surface area contributed by atoms with Crippen LogP contribution in [0.5, 0.6) is 0 Å². The molecule has 2 heteroatoms. The maximum atomic E-state index is 5.23. The predicted molar refractivity (Wildman–Crippen MR) is 238 cm³/mol. The third kappa shape index (κ3) is 6.46. The van der Waals surface area contributed by atoms with Crippen molar-refractivity contribution in [3.63, 3.8) is 0 Å². The van der Waals surface area contributed by atoms with E-state index < -0.39 is 0 Å². The van der Waals surface area contributed by atoms with E-state index in [9.17, 15) is 0 Å². The van der Waals surface area contributed by atoms with Crippen molar-refractivity contribution in [3.8, 4) is 89.5 Å². The van der Waals surface area contributed by atoms with Gasteiger partial charge in [0.05, 0.1) is 11.4 Å². The Bertz CT molecular complexity index is 2890. The summed E-state index contributed by atoms with van der Waals surface area (Å²) in [5.74, 6) is 0.694. The smallest absolute Gasteiger partial charge is 0.160 e. The van der Waals surface area contributed by atoms with Crippen LogP contribution >= 0.6 is 0 Å². The van der Waals surface area contributed by atoms with Crippen LogP contribution in [0.2, 0.25) is 0 Å². The molecule has 0 aliphatic heterocycles. The summed E-state index contributed by atoms with van der Waals surface area (Å²) in [4.78, 5) is 10.4. The summed E-state index contributed by atoms with van der Waals surface area (Å²) >= 11 is 0. The average molecular weight is 729 g/mol. The van der Waals surface area contributed by atoms with Gasteiger partial charge in [-0.3, -0.25) is 0 Å². The highest BCUT2D eigenvalue weighted by Crippen LogP contribution is 2.49. The number of hydrogen-bond acceptors (Lipinski definition) is 2. The molecule has 0 unspecified atom stereocenters. The molecule has 9 aromatic rings. The van der Waals surface area contributed by atoms with E-state index in [2.05, 4.69) is 214 Å². The van der Waals surface area contributed by atoms with Crippen molar-refractivity contribution in [1.82, 2.24) is 9.97 Å². The summed E-state index contributed by atoms with van der Waals surface area (Å²) in [5, 5.41) is 0. The molecule has 0 saturated carbocycles. The second-order valence-electron chi connectivity index (χ2n) is 15.4. The Kier molecular flexibility index (Phi) is 8.53. The van der Waals surface area contributed by atoms with Crippen molar-refractivity contribution in [2.45, 2.75) is 19.3 Å². The van der Waals surface area contributed by atoms with Crippen molar-refractivity contribution in [1.29, 1.82) is 0 Å². The highest BCUT2D eigenvalue weighted by atomic mass is 14.9. The monoisotopic (exact) mass is 728 g/mol. The zero-order chi connectivity index (χ0) is 38.3. The summed E-state index contributed by atoms with van der Waals surface area (Å²) in [5.41, 5.74) is 19.7. The Hall–Kier alpha value is -7.16. The Balaban J connectivity index is 1.00. The third-order valence-electron chi connectivity index (χ3n) is 11.5. The molecular weight excluding hydrogens is 689 g/mol. The molecule has 10 rings (SSSR count). The molecule has 270 valence electrons. The molecule has 0 spiro atoms. The molecule has 0 saturated heterocycles. The van der Waals surface area contributed by atoms with E-state index in [0.29, 0.717) is 5.82 Å². The first-order valence-corrected chi connectivity index (χ1v) is 19.6. The average Bonchev–Trinajstić information content (AvgIpc) is 3.52. The van der Waals surface area contributed by atoms with Gasteiger partial charge in [-0.25, -0.2) is 9.97 Å². The summed E-state index contributed by atoms with van der Waals surface area (Å²) in [6.45, 7) is 4.67. The lowest BCUT2D eigenvalue weighted by Crippen LogP contribution is -2.14. The molecule has 1 aliphatic rings. The molecule has 0 amide bonds. The van der Waals surface area contributed by atoms with E-state index in [1.54, 1.807) is 0 Å². The minimum absolute atomic E-state index is 0.0299. The summed E-state index contributed by atoms with van der Waals surface area (Å²) < 4.78 is 0. The molecule has 0 fully saturated rings. The van der Waals surface area contributed by atoms with Gasteiger partial charge < -0.3 is 0 Å². The van der Waals surface area contributed by atoms with Crippen LogP contribution < -0.4 is 0 Å². The molecule has 0 bridgehead atoms. The van der Waals surface area contributed by atoms with Gasteiger partial charge in [0, 0.05) is 22.1 Å². The summed E-state index contributed by atoms with van der Waals surface area (Å²) in [6, 6.07) is 73.7. The molecule has 1 aliphatic carbocycles. The van der Waals surface area contributed by atoms with Crippen molar-refractivity contribution in [2.24, 2.45) is 0 Å². The lowest BCUT2D eigenvalue weighted by atomic mass is 9.81. The van der Waals surface area contributed by atoms with Gasteiger partial charge in [-0.05, 0) is 91.0 Å². The van der Waals surface area contributed by atoms with Crippen molar-refractivity contribution in [3.05, 3.63) is 217 Å². The lowest BCUT2D eigenvalue weighted by Gasteiger charge is -2.22. The summed E-state index contributed by atoms with van der Waals surface area (Å²) in [7, 11) is 0. The third-order valence-corrected chi connectivity index (χ3v) is 11.5. The first-order chi connectivity index (χ1) is 28.0. The Morgan fingerprint density at radius 3 is 1.33 bits per heavy atom. The molecule has 0 N–H and O–H groups in total. The molecule has 0 atom stereocenters. The number of aromatic nitrogens is 2. The number of fused-ring (bicyclic) bond motifs is 3. The molecule has 2 nitrogen and oxygen atoms in total. The maximum Gasteiger partial charge on any atom is 0.160 e. The molecule has 1 aromatic heterocycles. The standard InChI is InChI=1S/C55H40N2/c1-55(2)50-22-10-9-21-48(50)49-32-31-45(35-51(49)55)41-25-23-40(24-26-41)44-18-12-20-47(34-44)54-56-52(42-29-27-39(28-30-42)37-13-5-3-6-14-37)36-53(57-54)46-19-11-17-43(33-46)38-15-7-4-8-16-38/h3-36H,1-2H3. The summed E-state index contributed by atoms with van der Waals surface area (Å²) in [6.07, 6.45) is 0. The molecule has 0 radical (unpaired) electrons. The maximum absolute atomic E-state index is 5.23. The first kappa shape index (κ1) is 34.3. The quantitative estimate of drug-likeness (QED) is 0.163. The molecule has 57 heavy (non-hydrogen) atoms. The number of nitrogens with zero attached hydrogens (tertiary/aromatic N) is 2. The topological polar surface area (TPSA) is 25.8 Å². The fourth-order valence-electron chi connectivity index (χ4n) is 8.40. The minimum Gasteiger partial charge on any atom is -0.228 e. The normalized spacial score (nSPS) is 12.5. The Labute approximate surface area is 334 Å². The highest BCUT2D eigenvalue weighted by molar-refractivity contribution is 5.84. The van der Waals surface area contributed by atoms with Crippen molar-refractivity contribution >= 4 is 0 Å². The largest absolute Gasteiger partial charge is 0.228 e. The van der Waals surface area contributed by atoms with Crippen LogP contribution in [0.3, 0.4) is 0 Å². The zero-order valence-electron chi connectivity index (χ0n) is 32.0. The van der Waals surface area contributed by atoms with E-state index in [-0.39, 0.29) is 5.41 Å². The van der Waals surface area contributed by atoms with E-state index in [1.807, 2.05) is 6.07 Å². The number of benzene rings is 8. The van der Waals surface area contributed by atoms with E-state index in [0.717, 1.165) is 44.8 Å². The van der Waals surface area contributed by atoms with E-state index >= 15 is 0 Å². The van der Waals surface area contributed by atoms with E-state index in [1.165, 1.54) is 50.1 Å². The van der Waals surface area contributed by atoms with Gasteiger partial charge in [0.2, 0.25) is 0 Å². The van der Waals surface area contributed by atoms with Crippen LogP contribution in [-0.2, 0) is 5.41 Å². The van der Waals surface area contributed by atoms with Crippen molar-refractivity contribution < 1.29 is 0 Å². The lowest BCUT2D eigenvalue weighted by molar-refractivity contribution is 0.660. The minimum atomic E-state index is -0.0299. The van der Waals surface area contributed by atoms with Crippen LogP contribution in [0.15, 0.2) is 206 Å². The van der Waals surface area contributed by atoms with Gasteiger partial charge in [-0.1, -0.05) is 196 Å². The van der Waals surface area contributed by atoms with Crippen LogP contribution in [-0.4, -0.2) is 9.97 Å². The van der Waals surface area contributed by atoms with Gasteiger partial charge in [0.15, 0.2) is 5.82 Å². The van der Waals surface area contributed by atoms with Gasteiger partial charge >= 0.3 is 0 Å². The van der Waals surface area contributed by atoms with Crippen molar-refractivity contribution in [2.75, 3.05) is 0 Å².